The molecule has 0 aromatic heterocycles. The highest BCUT2D eigenvalue weighted by Crippen LogP contribution is 2.39. The van der Waals surface area contributed by atoms with Crippen LogP contribution in [0.25, 0.3) is 0 Å². The van der Waals surface area contributed by atoms with E-state index in [1.54, 1.807) is 0 Å². The van der Waals surface area contributed by atoms with E-state index in [0.717, 1.165) is 18.4 Å². The van der Waals surface area contributed by atoms with Gasteiger partial charge in [0.15, 0.2) is 0 Å². The SMILES string of the molecule is CCC(C1CCC1)C1CCCO1. The summed E-state index contributed by atoms with van der Waals surface area (Å²) in [4.78, 5) is 0. The molecule has 0 radical (unpaired) electrons. The van der Waals surface area contributed by atoms with Gasteiger partial charge in [0.2, 0.25) is 0 Å². The fraction of sp³-hybridized carbons (Fsp3) is 1.00. The van der Waals surface area contributed by atoms with Crippen molar-refractivity contribution in [3.8, 4) is 0 Å². The van der Waals surface area contributed by atoms with E-state index in [1.165, 1.54) is 38.5 Å². The van der Waals surface area contributed by atoms with E-state index in [1.807, 2.05) is 0 Å². The first-order chi connectivity index (χ1) is 5.92. The molecule has 12 heavy (non-hydrogen) atoms. The van der Waals surface area contributed by atoms with Crippen LogP contribution in [0.4, 0.5) is 0 Å². The van der Waals surface area contributed by atoms with E-state index in [-0.39, 0.29) is 0 Å². The molecular formula is C11H20O. The lowest BCUT2D eigenvalue weighted by Gasteiger charge is -2.36. The lowest BCUT2D eigenvalue weighted by molar-refractivity contribution is 0.0158. The lowest BCUT2D eigenvalue weighted by Crippen LogP contribution is -2.31. The fourth-order valence-electron chi connectivity index (χ4n) is 2.71. The summed E-state index contributed by atoms with van der Waals surface area (Å²) in [5.41, 5.74) is 0. The molecule has 0 bridgehead atoms. The predicted molar refractivity (Wildman–Crippen MR) is 50.1 cm³/mol. The zero-order valence-corrected chi connectivity index (χ0v) is 8.09. The molecule has 0 aromatic rings. The van der Waals surface area contributed by atoms with Crippen LogP contribution in [-0.4, -0.2) is 12.7 Å². The quantitative estimate of drug-likeness (QED) is 0.629. The van der Waals surface area contributed by atoms with Crippen molar-refractivity contribution in [2.75, 3.05) is 6.61 Å². The van der Waals surface area contributed by atoms with Crippen molar-refractivity contribution >= 4 is 0 Å². The van der Waals surface area contributed by atoms with Crippen molar-refractivity contribution in [3.05, 3.63) is 0 Å². The molecule has 2 aliphatic rings. The number of rotatable bonds is 3. The molecule has 1 aliphatic carbocycles. The molecule has 2 atom stereocenters. The summed E-state index contributed by atoms with van der Waals surface area (Å²) in [6.45, 7) is 3.35. The van der Waals surface area contributed by atoms with Crippen molar-refractivity contribution < 1.29 is 4.74 Å². The van der Waals surface area contributed by atoms with E-state index in [4.69, 9.17) is 4.74 Å². The summed E-state index contributed by atoms with van der Waals surface area (Å²) in [5.74, 6) is 1.90. The van der Waals surface area contributed by atoms with Crippen molar-refractivity contribution in [2.24, 2.45) is 11.8 Å². The molecule has 70 valence electrons. The van der Waals surface area contributed by atoms with Gasteiger partial charge < -0.3 is 4.74 Å². The standard InChI is InChI=1S/C11H20O/c1-2-10(9-5-3-6-9)11-7-4-8-12-11/h9-11H,2-8H2,1H3. The minimum atomic E-state index is 0.625. The zero-order valence-electron chi connectivity index (χ0n) is 8.09. The largest absolute Gasteiger partial charge is 0.378 e. The van der Waals surface area contributed by atoms with Crippen LogP contribution in [0.2, 0.25) is 0 Å². The molecule has 1 saturated carbocycles. The Morgan fingerprint density at radius 1 is 1.25 bits per heavy atom. The average molecular weight is 168 g/mol. The van der Waals surface area contributed by atoms with Crippen molar-refractivity contribution in [1.82, 2.24) is 0 Å². The summed E-state index contributed by atoms with van der Waals surface area (Å²) in [6, 6.07) is 0. The monoisotopic (exact) mass is 168 g/mol. The molecule has 0 aromatic carbocycles. The van der Waals surface area contributed by atoms with Gasteiger partial charge in [-0.1, -0.05) is 32.6 Å². The van der Waals surface area contributed by atoms with Crippen LogP contribution in [0, 0.1) is 11.8 Å². The molecule has 0 N–H and O–H groups in total. The minimum Gasteiger partial charge on any atom is -0.378 e. The summed E-state index contributed by atoms with van der Waals surface area (Å²) < 4.78 is 5.76. The molecular weight excluding hydrogens is 148 g/mol. The Morgan fingerprint density at radius 2 is 2.08 bits per heavy atom. The highest BCUT2D eigenvalue weighted by molar-refractivity contribution is 4.84. The first-order valence-electron chi connectivity index (χ1n) is 5.53. The molecule has 1 nitrogen and oxygen atoms in total. The average Bonchev–Trinajstić information content (AvgIpc) is 2.47. The summed E-state index contributed by atoms with van der Waals surface area (Å²) >= 11 is 0. The van der Waals surface area contributed by atoms with Crippen molar-refractivity contribution in [3.63, 3.8) is 0 Å². The van der Waals surface area contributed by atoms with Crippen LogP contribution < -0.4 is 0 Å². The van der Waals surface area contributed by atoms with E-state index in [9.17, 15) is 0 Å². The molecule has 2 fully saturated rings. The van der Waals surface area contributed by atoms with E-state index >= 15 is 0 Å². The Labute approximate surface area is 75.5 Å². The van der Waals surface area contributed by atoms with Gasteiger partial charge in [-0.2, -0.15) is 0 Å². The number of hydrogen-bond donors (Lipinski definition) is 0. The van der Waals surface area contributed by atoms with Crippen LogP contribution >= 0.6 is 0 Å². The maximum atomic E-state index is 5.76. The first-order valence-corrected chi connectivity index (χ1v) is 5.53. The van der Waals surface area contributed by atoms with Gasteiger partial charge in [0.05, 0.1) is 6.10 Å². The lowest BCUT2D eigenvalue weighted by atomic mass is 9.72. The van der Waals surface area contributed by atoms with Crippen LogP contribution in [-0.2, 0) is 4.74 Å². The Kier molecular flexibility index (Phi) is 2.69. The van der Waals surface area contributed by atoms with Gasteiger partial charge >= 0.3 is 0 Å². The summed E-state index contributed by atoms with van der Waals surface area (Å²) in [5, 5.41) is 0. The zero-order chi connectivity index (χ0) is 8.39. The molecule has 1 saturated heterocycles. The Morgan fingerprint density at radius 3 is 2.50 bits per heavy atom. The van der Waals surface area contributed by atoms with Gasteiger partial charge in [0.25, 0.3) is 0 Å². The van der Waals surface area contributed by atoms with E-state index in [2.05, 4.69) is 6.92 Å². The molecule has 1 aliphatic heterocycles. The smallest absolute Gasteiger partial charge is 0.0606 e. The van der Waals surface area contributed by atoms with Gasteiger partial charge in [0, 0.05) is 6.61 Å². The second kappa shape index (κ2) is 3.78. The van der Waals surface area contributed by atoms with Crippen molar-refractivity contribution in [2.45, 2.75) is 51.6 Å². The molecule has 1 heterocycles. The third kappa shape index (κ3) is 1.52. The van der Waals surface area contributed by atoms with Crippen LogP contribution in [0.3, 0.4) is 0 Å². The fourth-order valence-corrected chi connectivity index (χ4v) is 2.71. The second-order valence-corrected chi connectivity index (χ2v) is 4.31. The normalized spacial score (nSPS) is 33.2. The Balaban J connectivity index is 1.87. The summed E-state index contributed by atoms with van der Waals surface area (Å²) in [6.07, 6.45) is 8.99. The Bertz CT molecular complexity index is 134. The van der Waals surface area contributed by atoms with E-state index < -0.39 is 0 Å². The van der Waals surface area contributed by atoms with Crippen LogP contribution in [0.15, 0.2) is 0 Å². The van der Waals surface area contributed by atoms with Crippen LogP contribution in [0.1, 0.15) is 45.4 Å². The molecule has 1 heteroatoms. The van der Waals surface area contributed by atoms with Crippen LogP contribution in [0.5, 0.6) is 0 Å². The maximum Gasteiger partial charge on any atom is 0.0606 e. The van der Waals surface area contributed by atoms with Gasteiger partial charge in [-0.05, 0) is 24.7 Å². The third-order valence-electron chi connectivity index (χ3n) is 3.67. The molecule has 0 spiro atoms. The number of hydrogen-bond acceptors (Lipinski definition) is 1. The second-order valence-electron chi connectivity index (χ2n) is 4.31. The van der Waals surface area contributed by atoms with Gasteiger partial charge in [-0.25, -0.2) is 0 Å². The van der Waals surface area contributed by atoms with Gasteiger partial charge in [0.1, 0.15) is 0 Å². The molecule has 0 amide bonds. The van der Waals surface area contributed by atoms with Crippen molar-refractivity contribution in [1.29, 1.82) is 0 Å². The van der Waals surface area contributed by atoms with Gasteiger partial charge in [-0.15, -0.1) is 0 Å². The molecule has 2 unspecified atom stereocenters. The topological polar surface area (TPSA) is 9.23 Å². The highest BCUT2D eigenvalue weighted by atomic mass is 16.5. The summed E-state index contributed by atoms with van der Waals surface area (Å²) in [7, 11) is 0. The van der Waals surface area contributed by atoms with Gasteiger partial charge in [-0.3, -0.25) is 0 Å². The maximum absolute atomic E-state index is 5.76. The third-order valence-corrected chi connectivity index (χ3v) is 3.67. The highest BCUT2D eigenvalue weighted by Gasteiger charge is 2.33. The minimum absolute atomic E-state index is 0.625. The predicted octanol–water partition coefficient (Wildman–Crippen LogP) is 2.99. The molecule has 2 rings (SSSR count). The van der Waals surface area contributed by atoms with E-state index in [0.29, 0.717) is 6.10 Å². The first kappa shape index (κ1) is 8.55. The number of ether oxygens (including phenoxy) is 1. The Hall–Kier alpha value is -0.0400.